The van der Waals surface area contributed by atoms with Crippen LogP contribution in [0.3, 0.4) is 0 Å². The van der Waals surface area contributed by atoms with Gasteiger partial charge in [0.2, 0.25) is 0 Å². The second-order valence-electron chi connectivity index (χ2n) is 2.69. The van der Waals surface area contributed by atoms with Gasteiger partial charge in [0.25, 0.3) is 0 Å². The van der Waals surface area contributed by atoms with Gasteiger partial charge in [0.1, 0.15) is 0 Å². The molecule has 0 aliphatic carbocycles. The smallest absolute Gasteiger partial charge is 0.0681 e. The molecule has 0 spiro atoms. The van der Waals surface area contributed by atoms with Crippen LogP contribution in [-0.4, -0.2) is 5.11 Å². The topological polar surface area (TPSA) is 46.2 Å². The van der Waals surface area contributed by atoms with Gasteiger partial charge in [-0.15, -0.1) is 0 Å². The SMILES string of the molecule is C[C@@H](N)c1cccc(CO)c1. The van der Waals surface area contributed by atoms with Crippen molar-refractivity contribution in [1.82, 2.24) is 0 Å². The maximum atomic E-state index is 8.80. The predicted octanol–water partition coefficient (Wildman–Crippen LogP) is 1.20. The second-order valence-corrected chi connectivity index (χ2v) is 2.69. The fraction of sp³-hybridized carbons (Fsp3) is 0.333. The molecule has 0 aliphatic heterocycles. The largest absolute Gasteiger partial charge is 0.392 e. The van der Waals surface area contributed by atoms with Gasteiger partial charge in [-0.2, -0.15) is 0 Å². The molecular weight excluding hydrogens is 138 g/mol. The number of hydrogen-bond acceptors (Lipinski definition) is 2. The third-order valence-corrected chi connectivity index (χ3v) is 1.66. The van der Waals surface area contributed by atoms with E-state index in [1.807, 2.05) is 31.2 Å². The number of aliphatic hydroxyl groups excluding tert-OH is 1. The first-order chi connectivity index (χ1) is 5.24. The minimum Gasteiger partial charge on any atom is -0.392 e. The Morgan fingerprint density at radius 2 is 2.27 bits per heavy atom. The molecule has 0 aromatic heterocycles. The summed E-state index contributed by atoms with van der Waals surface area (Å²) in [5.41, 5.74) is 7.64. The van der Waals surface area contributed by atoms with E-state index in [9.17, 15) is 0 Å². The fourth-order valence-electron chi connectivity index (χ4n) is 0.975. The molecule has 0 fully saturated rings. The maximum absolute atomic E-state index is 8.80. The van der Waals surface area contributed by atoms with Gasteiger partial charge < -0.3 is 10.8 Å². The minimum absolute atomic E-state index is 0.0431. The average Bonchev–Trinajstić information content (AvgIpc) is 2.05. The van der Waals surface area contributed by atoms with Crippen molar-refractivity contribution < 1.29 is 5.11 Å². The molecule has 1 rings (SSSR count). The summed E-state index contributed by atoms with van der Waals surface area (Å²) in [5.74, 6) is 0. The molecular formula is C9H13NO. The monoisotopic (exact) mass is 151 g/mol. The fourth-order valence-corrected chi connectivity index (χ4v) is 0.975. The van der Waals surface area contributed by atoms with Gasteiger partial charge in [-0.3, -0.25) is 0 Å². The highest BCUT2D eigenvalue weighted by molar-refractivity contribution is 5.24. The summed E-state index contributed by atoms with van der Waals surface area (Å²) in [5, 5.41) is 8.80. The van der Waals surface area contributed by atoms with Crippen LogP contribution in [0.15, 0.2) is 24.3 Å². The van der Waals surface area contributed by atoms with Crippen molar-refractivity contribution in [3.8, 4) is 0 Å². The zero-order valence-corrected chi connectivity index (χ0v) is 6.62. The lowest BCUT2D eigenvalue weighted by molar-refractivity contribution is 0.281. The summed E-state index contributed by atoms with van der Waals surface area (Å²) in [7, 11) is 0. The quantitative estimate of drug-likeness (QED) is 0.667. The molecule has 0 heterocycles. The molecule has 0 amide bonds. The van der Waals surface area contributed by atoms with Gasteiger partial charge in [0.05, 0.1) is 6.61 Å². The number of benzene rings is 1. The van der Waals surface area contributed by atoms with Crippen molar-refractivity contribution in [2.75, 3.05) is 0 Å². The zero-order chi connectivity index (χ0) is 8.27. The normalized spacial score (nSPS) is 13.0. The van der Waals surface area contributed by atoms with E-state index in [4.69, 9.17) is 10.8 Å². The molecule has 3 N–H and O–H groups in total. The highest BCUT2D eigenvalue weighted by Gasteiger charge is 1.98. The molecule has 0 unspecified atom stereocenters. The van der Waals surface area contributed by atoms with Crippen molar-refractivity contribution in [3.63, 3.8) is 0 Å². The third-order valence-electron chi connectivity index (χ3n) is 1.66. The molecule has 1 aromatic rings. The van der Waals surface area contributed by atoms with Crippen molar-refractivity contribution in [2.24, 2.45) is 5.73 Å². The number of rotatable bonds is 2. The molecule has 1 aromatic carbocycles. The van der Waals surface area contributed by atoms with Crippen LogP contribution < -0.4 is 5.73 Å². The summed E-state index contributed by atoms with van der Waals surface area (Å²) >= 11 is 0. The molecule has 2 heteroatoms. The van der Waals surface area contributed by atoms with Gasteiger partial charge in [-0.1, -0.05) is 24.3 Å². The summed E-state index contributed by atoms with van der Waals surface area (Å²) in [6.07, 6.45) is 0. The van der Waals surface area contributed by atoms with E-state index in [0.29, 0.717) is 0 Å². The Morgan fingerprint density at radius 1 is 1.55 bits per heavy atom. The third kappa shape index (κ3) is 2.03. The molecule has 0 saturated carbocycles. The molecule has 11 heavy (non-hydrogen) atoms. The van der Waals surface area contributed by atoms with E-state index < -0.39 is 0 Å². The Kier molecular flexibility index (Phi) is 2.63. The van der Waals surface area contributed by atoms with Crippen molar-refractivity contribution >= 4 is 0 Å². The van der Waals surface area contributed by atoms with Gasteiger partial charge in [0.15, 0.2) is 0 Å². The Morgan fingerprint density at radius 3 is 2.82 bits per heavy atom. The van der Waals surface area contributed by atoms with Gasteiger partial charge in [0, 0.05) is 6.04 Å². The summed E-state index contributed by atoms with van der Waals surface area (Å²) in [4.78, 5) is 0. The highest BCUT2D eigenvalue weighted by Crippen LogP contribution is 2.11. The lowest BCUT2D eigenvalue weighted by atomic mass is 10.1. The van der Waals surface area contributed by atoms with E-state index in [1.54, 1.807) is 0 Å². The Labute approximate surface area is 66.7 Å². The highest BCUT2D eigenvalue weighted by atomic mass is 16.3. The zero-order valence-electron chi connectivity index (χ0n) is 6.62. The minimum atomic E-state index is 0.0431. The molecule has 2 nitrogen and oxygen atoms in total. The predicted molar refractivity (Wildman–Crippen MR) is 45.0 cm³/mol. The Balaban J connectivity index is 2.91. The van der Waals surface area contributed by atoms with Crippen LogP contribution in [0.5, 0.6) is 0 Å². The molecule has 0 aliphatic rings. The number of aliphatic hydroxyl groups is 1. The molecule has 60 valence electrons. The summed E-state index contributed by atoms with van der Waals surface area (Å²) < 4.78 is 0. The maximum Gasteiger partial charge on any atom is 0.0681 e. The first kappa shape index (κ1) is 8.24. The molecule has 0 bridgehead atoms. The average molecular weight is 151 g/mol. The summed E-state index contributed by atoms with van der Waals surface area (Å²) in [6.45, 7) is 2.01. The van der Waals surface area contributed by atoms with E-state index >= 15 is 0 Å². The van der Waals surface area contributed by atoms with Gasteiger partial charge in [-0.05, 0) is 18.1 Å². The molecule has 0 radical (unpaired) electrons. The van der Waals surface area contributed by atoms with Crippen LogP contribution in [0.4, 0.5) is 0 Å². The van der Waals surface area contributed by atoms with Crippen LogP contribution >= 0.6 is 0 Å². The standard InChI is InChI=1S/C9H13NO/c1-7(10)9-4-2-3-8(5-9)6-11/h2-5,7,11H,6,10H2,1H3/t7-/m1/s1. The van der Waals surface area contributed by atoms with Crippen LogP contribution in [0.1, 0.15) is 24.1 Å². The van der Waals surface area contributed by atoms with Crippen LogP contribution in [0.2, 0.25) is 0 Å². The van der Waals surface area contributed by atoms with Crippen molar-refractivity contribution in [1.29, 1.82) is 0 Å². The van der Waals surface area contributed by atoms with E-state index in [0.717, 1.165) is 11.1 Å². The first-order valence-corrected chi connectivity index (χ1v) is 3.69. The van der Waals surface area contributed by atoms with E-state index in [-0.39, 0.29) is 12.6 Å². The lowest BCUT2D eigenvalue weighted by Crippen LogP contribution is -2.04. The Bertz CT molecular complexity index is 233. The van der Waals surface area contributed by atoms with Crippen molar-refractivity contribution in [2.45, 2.75) is 19.6 Å². The van der Waals surface area contributed by atoms with Gasteiger partial charge in [-0.25, -0.2) is 0 Å². The summed E-state index contributed by atoms with van der Waals surface area (Å²) in [6, 6.07) is 7.71. The lowest BCUT2D eigenvalue weighted by Gasteiger charge is -2.05. The van der Waals surface area contributed by atoms with E-state index in [2.05, 4.69) is 0 Å². The van der Waals surface area contributed by atoms with Crippen molar-refractivity contribution in [3.05, 3.63) is 35.4 Å². The van der Waals surface area contributed by atoms with Crippen LogP contribution in [0.25, 0.3) is 0 Å². The van der Waals surface area contributed by atoms with Crippen LogP contribution in [0, 0.1) is 0 Å². The van der Waals surface area contributed by atoms with Crippen LogP contribution in [-0.2, 0) is 6.61 Å². The number of nitrogens with two attached hydrogens (primary N) is 1. The van der Waals surface area contributed by atoms with Gasteiger partial charge >= 0.3 is 0 Å². The number of hydrogen-bond donors (Lipinski definition) is 2. The molecule has 1 atom stereocenters. The Hall–Kier alpha value is -0.860. The second kappa shape index (κ2) is 3.51. The molecule has 0 saturated heterocycles. The first-order valence-electron chi connectivity index (χ1n) is 3.69. The van der Waals surface area contributed by atoms with E-state index in [1.165, 1.54) is 0 Å².